The standard InChI is InChI=1S/C12H15F3N2O.ClH/c13-12(14,15)10-7-17-6-3-11(10)18-8-9-1-4-16-5-2-9;/h3,6-7,9,16H,1-2,4-5,8H2;1H. The van der Waals surface area contributed by atoms with Crippen LogP contribution in [0.25, 0.3) is 0 Å². The van der Waals surface area contributed by atoms with Crippen LogP contribution in [-0.4, -0.2) is 24.7 Å². The zero-order valence-electron chi connectivity index (χ0n) is 10.2. The molecule has 108 valence electrons. The van der Waals surface area contributed by atoms with Crippen LogP contribution in [0.1, 0.15) is 18.4 Å². The van der Waals surface area contributed by atoms with Gasteiger partial charge in [-0.25, -0.2) is 0 Å². The molecule has 1 aliphatic heterocycles. The van der Waals surface area contributed by atoms with Gasteiger partial charge in [0.2, 0.25) is 0 Å². The minimum Gasteiger partial charge on any atom is -0.493 e. The number of nitrogens with one attached hydrogen (secondary N) is 1. The van der Waals surface area contributed by atoms with E-state index in [1.807, 2.05) is 0 Å². The first-order chi connectivity index (χ1) is 8.57. The Morgan fingerprint density at radius 3 is 2.63 bits per heavy atom. The molecule has 0 amide bonds. The van der Waals surface area contributed by atoms with Crippen molar-refractivity contribution in [3.8, 4) is 5.75 Å². The average molecular weight is 297 g/mol. The maximum absolute atomic E-state index is 12.7. The number of pyridine rings is 1. The Balaban J connectivity index is 0.00000180. The highest BCUT2D eigenvalue weighted by Crippen LogP contribution is 2.35. The summed E-state index contributed by atoms with van der Waals surface area (Å²) in [6, 6.07) is 1.27. The Bertz CT molecular complexity index is 395. The summed E-state index contributed by atoms with van der Waals surface area (Å²) in [5.74, 6) is 0.191. The molecule has 0 atom stereocenters. The van der Waals surface area contributed by atoms with Gasteiger partial charge in [0.25, 0.3) is 0 Å². The summed E-state index contributed by atoms with van der Waals surface area (Å²) in [7, 11) is 0. The number of nitrogens with zero attached hydrogens (tertiary/aromatic N) is 1. The molecule has 7 heteroatoms. The molecule has 0 aromatic carbocycles. The normalized spacial score (nSPS) is 16.8. The molecule has 3 nitrogen and oxygen atoms in total. The van der Waals surface area contributed by atoms with Crippen molar-refractivity contribution in [1.29, 1.82) is 0 Å². The fourth-order valence-corrected chi connectivity index (χ4v) is 1.98. The van der Waals surface area contributed by atoms with E-state index in [-0.39, 0.29) is 18.2 Å². The molecule has 2 heterocycles. The Morgan fingerprint density at radius 1 is 1.32 bits per heavy atom. The quantitative estimate of drug-likeness (QED) is 0.931. The van der Waals surface area contributed by atoms with Crippen molar-refractivity contribution in [2.75, 3.05) is 19.7 Å². The van der Waals surface area contributed by atoms with Crippen molar-refractivity contribution < 1.29 is 17.9 Å². The topological polar surface area (TPSA) is 34.1 Å². The van der Waals surface area contributed by atoms with E-state index in [9.17, 15) is 13.2 Å². The summed E-state index contributed by atoms with van der Waals surface area (Å²) < 4.78 is 43.4. The monoisotopic (exact) mass is 296 g/mol. The van der Waals surface area contributed by atoms with Gasteiger partial charge >= 0.3 is 6.18 Å². The fraction of sp³-hybridized carbons (Fsp3) is 0.583. The highest BCUT2D eigenvalue weighted by Gasteiger charge is 2.34. The second kappa shape index (κ2) is 6.96. The third-order valence-corrected chi connectivity index (χ3v) is 3.02. The fourth-order valence-electron chi connectivity index (χ4n) is 1.98. The summed E-state index contributed by atoms with van der Waals surface area (Å²) in [6.07, 6.45) is -0.429. The van der Waals surface area contributed by atoms with Crippen LogP contribution < -0.4 is 10.1 Å². The van der Waals surface area contributed by atoms with Crippen molar-refractivity contribution in [3.63, 3.8) is 0 Å². The minimum absolute atomic E-state index is 0. The molecule has 1 aromatic heterocycles. The first kappa shape index (κ1) is 16.0. The van der Waals surface area contributed by atoms with Gasteiger partial charge in [0, 0.05) is 12.4 Å². The molecular weight excluding hydrogens is 281 g/mol. The van der Waals surface area contributed by atoms with Gasteiger partial charge in [0.15, 0.2) is 0 Å². The summed E-state index contributed by atoms with van der Waals surface area (Å²) in [4.78, 5) is 3.50. The van der Waals surface area contributed by atoms with Crippen LogP contribution in [0.3, 0.4) is 0 Å². The Hall–Kier alpha value is -1.01. The lowest BCUT2D eigenvalue weighted by Gasteiger charge is -2.23. The van der Waals surface area contributed by atoms with Gasteiger partial charge in [-0.15, -0.1) is 12.4 Å². The van der Waals surface area contributed by atoms with Crippen LogP contribution in [0.15, 0.2) is 18.5 Å². The number of aromatic nitrogens is 1. The second-order valence-electron chi connectivity index (χ2n) is 4.37. The molecule has 1 aromatic rings. The number of hydrogen-bond donors (Lipinski definition) is 1. The molecule has 1 saturated heterocycles. The van der Waals surface area contributed by atoms with Crippen LogP contribution in [-0.2, 0) is 6.18 Å². The molecule has 0 spiro atoms. The van der Waals surface area contributed by atoms with Crippen LogP contribution in [0.5, 0.6) is 5.75 Å². The lowest BCUT2D eigenvalue weighted by atomic mass is 9.99. The molecule has 1 aliphatic rings. The lowest BCUT2D eigenvalue weighted by Crippen LogP contribution is -2.30. The van der Waals surface area contributed by atoms with Crippen LogP contribution in [0, 0.1) is 5.92 Å². The maximum Gasteiger partial charge on any atom is 0.421 e. The molecule has 0 aliphatic carbocycles. The van der Waals surface area contributed by atoms with Crippen molar-refractivity contribution in [1.82, 2.24) is 10.3 Å². The van der Waals surface area contributed by atoms with Crippen molar-refractivity contribution in [2.45, 2.75) is 19.0 Å². The molecule has 1 fully saturated rings. The van der Waals surface area contributed by atoms with E-state index in [4.69, 9.17) is 4.74 Å². The zero-order valence-corrected chi connectivity index (χ0v) is 11.1. The molecule has 19 heavy (non-hydrogen) atoms. The van der Waals surface area contributed by atoms with Crippen molar-refractivity contribution >= 4 is 12.4 Å². The van der Waals surface area contributed by atoms with Crippen LogP contribution >= 0.6 is 12.4 Å². The zero-order chi connectivity index (χ0) is 13.0. The van der Waals surface area contributed by atoms with E-state index in [0.717, 1.165) is 32.1 Å². The second-order valence-corrected chi connectivity index (χ2v) is 4.37. The smallest absolute Gasteiger partial charge is 0.421 e. The third kappa shape index (κ3) is 4.54. The van der Waals surface area contributed by atoms with Crippen molar-refractivity contribution in [2.24, 2.45) is 5.92 Å². The maximum atomic E-state index is 12.7. The van der Waals surface area contributed by atoms with Crippen molar-refractivity contribution in [3.05, 3.63) is 24.0 Å². The predicted octanol–water partition coefficient (Wildman–Crippen LogP) is 2.90. The number of halogens is 4. The summed E-state index contributed by atoms with van der Waals surface area (Å²) in [6.45, 7) is 2.13. The van der Waals surface area contributed by atoms with Gasteiger partial charge in [0.05, 0.1) is 6.61 Å². The Labute approximate surface area is 116 Å². The van der Waals surface area contributed by atoms with E-state index in [2.05, 4.69) is 10.3 Å². The molecule has 2 rings (SSSR count). The summed E-state index contributed by atoms with van der Waals surface area (Å²) >= 11 is 0. The summed E-state index contributed by atoms with van der Waals surface area (Å²) in [5.41, 5.74) is -0.807. The Morgan fingerprint density at radius 2 is 2.00 bits per heavy atom. The first-order valence-electron chi connectivity index (χ1n) is 5.92. The lowest BCUT2D eigenvalue weighted by molar-refractivity contribution is -0.139. The highest BCUT2D eigenvalue weighted by atomic mass is 35.5. The predicted molar refractivity (Wildman–Crippen MR) is 67.6 cm³/mol. The Kier molecular flexibility index (Phi) is 5.87. The molecule has 0 unspecified atom stereocenters. The third-order valence-electron chi connectivity index (χ3n) is 3.02. The molecule has 0 saturated carbocycles. The highest BCUT2D eigenvalue weighted by molar-refractivity contribution is 5.85. The number of piperidine rings is 1. The van der Waals surface area contributed by atoms with Crippen LogP contribution in [0.4, 0.5) is 13.2 Å². The van der Waals surface area contributed by atoms with Crippen LogP contribution in [0.2, 0.25) is 0 Å². The molecule has 0 radical (unpaired) electrons. The van der Waals surface area contributed by atoms with E-state index >= 15 is 0 Å². The van der Waals surface area contributed by atoms with Gasteiger partial charge in [-0.2, -0.15) is 13.2 Å². The number of hydrogen-bond acceptors (Lipinski definition) is 3. The number of rotatable bonds is 3. The van der Waals surface area contributed by atoms with E-state index < -0.39 is 11.7 Å². The van der Waals surface area contributed by atoms with Gasteiger partial charge < -0.3 is 10.1 Å². The molecule has 0 bridgehead atoms. The van der Waals surface area contributed by atoms with Gasteiger partial charge in [0.1, 0.15) is 11.3 Å². The molecule has 1 N–H and O–H groups in total. The van der Waals surface area contributed by atoms with Gasteiger partial charge in [-0.1, -0.05) is 0 Å². The number of ether oxygens (including phenoxy) is 1. The minimum atomic E-state index is -4.42. The average Bonchev–Trinajstić information content (AvgIpc) is 2.37. The SMILES string of the molecule is Cl.FC(F)(F)c1cnccc1OCC1CCNCC1. The first-order valence-corrected chi connectivity index (χ1v) is 5.92. The van der Waals surface area contributed by atoms with E-state index in [1.165, 1.54) is 12.3 Å². The van der Waals surface area contributed by atoms with E-state index in [0.29, 0.717) is 12.5 Å². The largest absolute Gasteiger partial charge is 0.493 e. The van der Waals surface area contributed by atoms with Gasteiger partial charge in [-0.05, 0) is 37.9 Å². The number of alkyl halides is 3. The van der Waals surface area contributed by atoms with Gasteiger partial charge in [-0.3, -0.25) is 4.98 Å². The summed E-state index contributed by atoms with van der Waals surface area (Å²) in [5, 5.41) is 3.20. The molecular formula is C12H16ClF3N2O. The van der Waals surface area contributed by atoms with E-state index in [1.54, 1.807) is 0 Å².